The second-order valence-corrected chi connectivity index (χ2v) is 4.63. The van der Waals surface area contributed by atoms with Crippen LogP contribution in [-0.4, -0.2) is 10.9 Å². The third-order valence-electron chi connectivity index (χ3n) is 2.19. The first-order valence-electron chi connectivity index (χ1n) is 5.04. The second kappa shape index (κ2) is 3.63. The van der Waals surface area contributed by atoms with Crippen molar-refractivity contribution in [2.45, 2.75) is 20.8 Å². The summed E-state index contributed by atoms with van der Waals surface area (Å²) in [7, 11) is 0. The molecule has 4 nitrogen and oxygen atoms in total. The van der Waals surface area contributed by atoms with Crippen molar-refractivity contribution in [3.05, 3.63) is 30.2 Å². The van der Waals surface area contributed by atoms with Crippen molar-refractivity contribution < 1.29 is 13.7 Å². The lowest BCUT2D eigenvalue weighted by Gasteiger charge is -2.13. The average Bonchev–Trinajstić information content (AvgIpc) is 2.85. The molecule has 0 aliphatic heterocycles. The second-order valence-electron chi connectivity index (χ2n) is 4.63. The van der Waals surface area contributed by atoms with Crippen LogP contribution in [0, 0.1) is 5.41 Å². The number of hydrogen-bond acceptors (Lipinski definition) is 4. The number of furan rings is 1. The van der Waals surface area contributed by atoms with Gasteiger partial charge in [-0.3, -0.25) is 4.79 Å². The largest absolute Gasteiger partial charge is 0.461 e. The van der Waals surface area contributed by atoms with Crippen LogP contribution in [0.15, 0.2) is 33.4 Å². The summed E-state index contributed by atoms with van der Waals surface area (Å²) >= 11 is 0. The van der Waals surface area contributed by atoms with E-state index in [0.29, 0.717) is 17.2 Å². The lowest BCUT2D eigenvalue weighted by Crippen LogP contribution is -2.20. The van der Waals surface area contributed by atoms with Crippen LogP contribution in [0.4, 0.5) is 0 Å². The molecule has 2 aromatic heterocycles. The molecule has 0 unspecified atom stereocenters. The molecule has 2 heterocycles. The highest BCUT2D eigenvalue weighted by atomic mass is 16.5. The highest BCUT2D eigenvalue weighted by Gasteiger charge is 2.26. The molecule has 4 heteroatoms. The number of ketones is 1. The van der Waals surface area contributed by atoms with Crippen molar-refractivity contribution in [1.82, 2.24) is 5.16 Å². The molecule has 0 saturated carbocycles. The fraction of sp³-hybridized carbons (Fsp3) is 0.333. The molecular formula is C12H13NO3. The minimum atomic E-state index is -0.461. The van der Waals surface area contributed by atoms with Gasteiger partial charge in [0.1, 0.15) is 0 Å². The van der Waals surface area contributed by atoms with E-state index in [1.54, 1.807) is 24.5 Å². The minimum absolute atomic E-state index is 0.0472. The van der Waals surface area contributed by atoms with Crippen LogP contribution in [-0.2, 0) is 0 Å². The van der Waals surface area contributed by atoms with Gasteiger partial charge >= 0.3 is 0 Å². The number of carbonyl (C=O) groups is 1. The fourth-order valence-corrected chi connectivity index (χ4v) is 1.30. The molecule has 0 aromatic carbocycles. The molecule has 0 aliphatic rings. The van der Waals surface area contributed by atoms with Crippen molar-refractivity contribution in [3.63, 3.8) is 0 Å². The van der Waals surface area contributed by atoms with Gasteiger partial charge in [0.05, 0.1) is 6.26 Å². The summed E-state index contributed by atoms with van der Waals surface area (Å²) in [6, 6.07) is 5.11. The summed E-state index contributed by atoms with van der Waals surface area (Å²) in [5, 5.41) is 3.75. The predicted octanol–water partition coefficient (Wildman–Crippen LogP) is 3.16. The molecule has 2 rings (SSSR count). The van der Waals surface area contributed by atoms with Crippen LogP contribution in [0.5, 0.6) is 0 Å². The van der Waals surface area contributed by atoms with E-state index in [1.807, 2.05) is 20.8 Å². The molecule has 0 saturated heterocycles. The number of Topliss-reactive ketones (excluding diaryl/α,β-unsaturated/α-hetero) is 1. The summed E-state index contributed by atoms with van der Waals surface area (Å²) in [6.45, 7) is 5.53. The van der Waals surface area contributed by atoms with E-state index in [4.69, 9.17) is 8.94 Å². The molecule has 2 aromatic rings. The SMILES string of the molecule is CC(C)(C)C(=O)c1cc(-c2ccco2)on1. The van der Waals surface area contributed by atoms with Crippen LogP contribution in [0.1, 0.15) is 31.3 Å². The third kappa shape index (κ3) is 1.91. The van der Waals surface area contributed by atoms with Gasteiger partial charge in [0.25, 0.3) is 0 Å². The van der Waals surface area contributed by atoms with E-state index < -0.39 is 5.41 Å². The zero-order valence-corrected chi connectivity index (χ0v) is 9.48. The first-order chi connectivity index (χ1) is 7.48. The van der Waals surface area contributed by atoms with E-state index in [1.165, 1.54) is 0 Å². The van der Waals surface area contributed by atoms with Gasteiger partial charge in [0, 0.05) is 11.5 Å². The molecule has 16 heavy (non-hydrogen) atoms. The Bertz CT molecular complexity index is 489. The zero-order chi connectivity index (χ0) is 11.8. The fourth-order valence-electron chi connectivity index (χ4n) is 1.30. The van der Waals surface area contributed by atoms with Gasteiger partial charge in [-0.05, 0) is 12.1 Å². The molecular weight excluding hydrogens is 206 g/mol. The Balaban J connectivity index is 2.31. The van der Waals surface area contributed by atoms with Gasteiger partial charge in [-0.1, -0.05) is 25.9 Å². The highest BCUT2D eigenvalue weighted by molar-refractivity contribution is 5.98. The lowest BCUT2D eigenvalue weighted by molar-refractivity contribution is 0.0848. The maximum absolute atomic E-state index is 11.9. The monoisotopic (exact) mass is 219 g/mol. The van der Waals surface area contributed by atoms with Crippen LogP contribution in [0.2, 0.25) is 0 Å². The van der Waals surface area contributed by atoms with Crippen LogP contribution in [0.25, 0.3) is 11.5 Å². The molecule has 0 aliphatic carbocycles. The van der Waals surface area contributed by atoms with Gasteiger partial charge in [-0.15, -0.1) is 0 Å². The zero-order valence-electron chi connectivity index (χ0n) is 9.48. The van der Waals surface area contributed by atoms with Crippen LogP contribution >= 0.6 is 0 Å². The maximum atomic E-state index is 11.9. The molecule has 0 N–H and O–H groups in total. The summed E-state index contributed by atoms with van der Waals surface area (Å²) in [5.74, 6) is 0.993. The van der Waals surface area contributed by atoms with E-state index in [0.717, 1.165) is 0 Å². The quantitative estimate of drug-likeness (QED) is 0.728. The maximum Gasteiger partial charge on any atom is 0.202 e. The summed E-state index contributed by atoms with van der Waals surface area (Å²) < 4.78 is 10.2. The third-order valence-corrected chi connectivity index (χ3v) is 2.19. The number of hydrogen-bond donors (Lipinski definition) is 0. The topological polar surface area (TPSA) is 56.2 Å². The molecule has 0 fully saturated rings. The van der Waals surface area contributed by atoms with E-state index in [-0.39, 0.29) is 5.78 Å². The van der Waals surface area contributed by atoms with E-state index in [9.17, 15) is 4.79 Å². The molecule has 0 amide bonds. The Labute approximate surface area is 93.2 Å². The standard InChI is InChI=1S/C12H13NO3/c1-12(2,3)11(14)8-7-10(16-13-8)9-5-4-6-15-9/h4-7H,1-3H3. The molecule has 0 spiro atoms. The Morgan fingerprint density at radius 2 is 2.06 bits per heavy atom. The van der Waals surface area contributed by atoms with Crippen molar-refractivity contribution in [2.75, 3.05) is 0 Å². The minimum Gasteiger partial charge on any atom is -0.461 e. The molecule has 0 bridgehead atoms. The number of aromatic nitrogens is 1. The van der Waals surface area contributed by atoms with Gasteiger partial charge in [0.15, 0.2) is 17.2 Å². The van der Waals surface area contributed by atoms with Crippen molar-refractivity contribution >= 4 is 5.78 Å². The lowest BCUT2D eigenvalue weighted by atomic mass is 9.89. The molecule has 0 radical (unpaired) electrons. The van der Waals surface area contributed by atoms with Crippen molar-refractivity contribution in [2.24, 2.45) is 5.41 Å². The number of rotatable bonds is 2. The first kappa shape index (κ1) is 10.7. The van der Waals surface area contributed by atoms with Crippen LogP contribution < -0.4 is 0 Å². The van der Waals surface area contributed by atoms with E-state index in [2.05, 4.69) is 5.16 Å². The van der Waals surface area contributed by atoms with Crippen LogP contribution in [0.3, 0.4) is 0 Å². The van der Waals surface area contributed by atoms with Gasteiger partial charge in [-0.2, -0.15) is 0 Å². The van der Waals surface area contributed by atoms with Gasteiger partial charge < -0.3 is 8.94 Å². The van der Waals surface area contributed by atoms with Gasteiger partial charge in [-0.25, -0.2) is 0 Å². The average molecular weight is 219 g/mol. The Kier molecular flexibility index (Phi) is 2.42. The van der Waals surface area contributed by atoms with Crippen molar-refractivity contribution in [1.29, 1.82) is 0 Å². The Morgan fingerprint density at radius 3 is 2.62 bits per heavy atom. The van der Waals surface area contributed by atoms with Crippen molar-refractivity contribution in [3.8, 4) is 11.5 Å². The summed E-state index contributed by atoms with van der Waals surface area (Å²) in [4.78, 5) is 11.9. The normalized spacial score (nSPS) is 11.7. The Morgan fingerprint density at radius 1 is 1.31 bits per heavy atom. The molecule has 84 valence electrons. The highest BCUT2D eigenvalue weighted by Crippen LogP contribution is 2.25. The number of nitrogens with zero attached hydrogens (tertiary/aromatic N) is 1. The summed E-state index contributed by atoms with van der Waals surface area (Å²) in [5.41, 5.74) is -0.129. The predicted molar refractivity (Wildman–Crippen MR) is 58.0 cm³/mol. The van der Waals surface area contributed by atoms with Gasteiger partial charge in [0.2, 0.25) is 5.76 Å². The Hall–Kier alpha value is -1.84. The van der Waals surface area contributed by atoms with E-state index >= 15 is 0 Å². The number of carbonyl (C=O) groups excluding carboxylic acids is 1. The smallest absolute Gasteiger partial charge is 0.202 e. The summed E-state index contributed by atoms with van der Waals surface area (Å²) in [6.07, 6.45) is 1.54. The first-order valence-corrected chi connectivity index (χ1v) is 5.04. The molecule has 0 atom stereocenters.